The predicted octanol–water partition coefficient (Wildman–Crippen LogP) is 4.64. The standard InChI is InChI=1S/C19H14N2/c20-17-12-19(21-18-8-4-3-7-16(17)18)15-10-9-13-5-1-2-6-14(13)11-15/h1-12H,(H2,20,21). The summed E-state index contributed by atoms with van der Waals surface area (Å²) in [4.78, 5) is 4.73. The van der Waals surface area contributed by atoms with Crippen molar-refractivity contribution >= 4 is 27.4 Å². The number of benzene rings is 3. The summed E-state index contributed by atoms with van der Waals surface area (Å²) in [6.45, 7) is 0. The van der Waals surface area contributed by atoms with E-state index in [1.54, 1.807) is 0 Å². The smallest absolute Gasteiger partial charge is 0.0730 e. The van der Waals surface area contributed by atoms with Crippen LogP contribution < -0.4 is 5.73 Å². The molecule has 1 heterocycles. The molecule has 0 bridgehead atoms. The zero-order valence-electron chi connectivity index (χ0n) is 11.5. The number of anilines is 1. The summed E-state index contributed by atoms with van der Waals surface area (Å²) in [5, 5.41) is 3.44. The largest absolute Gasteiger partial charge is 0.398 e. The van der Waals surface area contributed by atoms with Crippen molar-refractivity contribution in [2.24, 2.45) is 0 Å². The summed E-state index contributed by atoms with van der Waals surface area (Å²) in [6.07, 6.45) is 0. The monoisotopic (exact) mass is 270 g/mol. The molecule has 3 aromatic carbocycles. The molecule has 4 aromatic rings. The number of pyridine rings is 1. The van der Waals surface area contributed by atoms with Gasteiger partial charge in [-0.2, -0.15) is 0 Å². The zero-order chi connectivity index (χ0) is 14.2. The molecule has 0 aliphatic heterocycles. The molecule has 100 valence electrons. The first-order valence-corrected chi connectivity index (χ1v) is 6.96. The fourth-order valence-electron chi connectivity index (χ4n) is 2.70. The molecule has 0 saturated carbocycles. The van der Waals surface area contributed by atoms with E-state index in [4.69, 9.17) is 10.7 Å². The van der Waals surface area contributed by atoms with E-state index in [0.29, 0.717) is 0 Å². The quantitative estimate of drug-likeness (QED) is 0.547. The van der Waals surface area contributed by atoms with Crippen LogP contribution in [0.3, 0.4) is 0 Å². The Morgan fingerprint density at radius 2 is 1.48 bits per heavy atom. The molecular weight excluding hydrogens is 256 g/mol. The normalized spacial score (nSPS) is 11.0. The highest BCUT2D eigenvalue weighted by Gasteiger charge is 2.05. The van der Waals surface area contributed by atoms with Gasteiger partial charge >= 0.3 is 0 Å². The number of rotatable bonds is 1. The molecule has 21 heavy (non-hydrogen) atoms. The lowest BCUT2D eigenvalue weighted by Crippen LogP contribution is -1.92. The van der Waals surface area contributed by atoms with E-state index < -0.39 is 0 Å². The summed E-state index contributed by atoms with van der Waals surface area (Å²) in [7, 11) is 0. The van der Waals surface area contributed by atoms with Gasteiger partial charge in [-0.1, -0.05) is 54.6 Å². The third-order valence-electron chi connectivity index (χ3n) is 3.79. The van der Waals surface area contributed by atoms with Crippen molar-refractivity contribution in [1.29, 1.82) is 0 Å². The van der Waals surface area contributed by atoms with E-state index in [2.05, 4.69) is 30.3 Å². The molecule has 0 spiro atoms. The second-order valence-electron chi connectivity index (χ2n) is 5.18. The first-order chi connectivity index (χ1) is 10.3. The Morgan fingerprint density at radius 3 is 2.38 bits per heavy atom. The molecule has 2 nitrogen and oxygen atoms in total. The Kier molecular flexibility index (Phi) is 2.61. The highest BCUT2D eigenvalue weighted by atomic mass is 14.7. The fraction of sp³-hybridized carbons (Fsp3) is 0. The third kappa shape index (κ3) is 2.01. The van der Waals surface area contributed by atoms with Gasteiger partial charge < -0.3 is 5.73 Å². The van der Waals surface area contributed by atoms with Gasteiger partial charge in [0.1, 0.15) is 0 Å². The van der Waals surface area contributed by atoms with E-state index in [1.807, 2.05) is 42.5 Å². The van der Waals surface area contributed by atoms with Gasteiger partial charge in [0.2, 0.25) is 0 Å². The molecule has 2 N–H and O–H groups in total. The first kappa shape index (κ1) is 11.9. The maximum atomic E-state index is 6.17. The van der Waals surface area contributed by atoms with Gasteiger partial charge in [0.05, 0.1) is 11.2 Å². The van der Waals surface area contributed by atoms with Crippen LogP contribution in [0.15, 0.2) is 72.8 Å². The van der Waals surface area contributed by atoms with Gasteiger partial charge in [0, 0.05) is 16.6 Å². The van der Waals surface area contributed by atoms with Gasteiger partial charge in [-0.3, -0.25) is 0 Å². The number of para-hydroxylation sites is 1. The van der Waals surface area contributed by atoms with Crippen molar-refractivity contribution in [2.75, 3.05) is 5.73 Å². The molecule has 0 saturated heterocycles. The molecule has 0 aliphatic carbocycles. The average molecular weight is 270 g/mol. The van der Waals surface area contributed by atoms with Gasteiger partial charge in [0.25, 0.3) is 0 Å². The van der Waals surface area contributed by atoms with Crippen molar-refractivity contribution in [3.05, 3.63) is 72.8 Å². The van der Waals surface area contributed by atoms with Crippen LogP contribution in [0.2, 0.25) is 0 Å². The maximum Gasteiger partial charge on any atom is 0.0730 e. The van der Waals surface area contributed by atoms with Crippen LogP contribution in [-0.2, 0) is 0 Å². The van der Waals surface area contributed by atoms with Crippen LogP contribution in [0.4, 0.5) is 5.69 Å². The van der Waals surface area contributed by atoms with E-state index in [-0.39, 0.29) is 0 Å². The molecule has 0 atom stereocenters. The summed E-state index contributed by atoms with van der Waals surface area (Å²) in [5.74, 6) is 0. The Hall–Kier alpha value is -2.87. The predicted molar refractivity (Wildman–Crippen MR) is 89.1 cm³/mol. The summed E-state index contributed by atoms with van der Waals surface area (Å²) >= 11 is 0. The Balaban J connectivity index is 1.95. The lowest BCUT2D eigenvalue weighted by atomic mass is 10.0. The Morgan fingerprint density at radius 1 is 0.714 bits per heavy atom. The summed E-state index contributed by atoms with van der Waals surface area (Å²) < 4.78 is 0. The maximum absolute atomic E-state index is 6.17. The second-order valence-corrected chi connectivity index (χ2v) is 5.18. The number of fused-ring (bicyclic) bond motifs is 2. The third-order valence-corrected chi connectivity index (χ3v) is 3.79. The minimum absolute atomic E-state index is 0.767. The number of nitrogens with two attached hydrogens (primary N) is 1. The van der Waals surface area contributed by atoms with E-state index in [1.165, 1.54) is 10.8 Å². The fourth-order valence-corrected chi connectivity index (χ4v) is 2.70. The number of hydrogen-bond acceptors (Lipinski definition) is 2. The summed E-state index contributed by atoms with van der Waals surface area (Å²) in [5.41, 5.74) is 9.87. The van der Waals surface area contributed by atoms with Crippen molar-refractivity contribution in [3.63, 3.8) is 0 Å². The van der Waals surface area contributed by atoms with Crippen LogP contribution in [0.5, 0.6) is 0 Å². The number of nitrogen functional groups attached to an aromatic ring is 1. The minimum atomic E-state index is 0.767. The van der Waals surface area contributed by atoms with Crippen LogP contribution in [0.25, 0.3) is 32.9 Å². The number of nitrogens with zero attached hydrogens (tertiary/aromatic N) is 1. The van der Waals surface area contributed by atoms with Crippen LogP contribution in [0.1, 0.15) is 0 Å². The van der Waals surface area contributed by atoms with Crippen molar-refractivity contribution in [1.82, 2.24) is 4.98 Å². The average Bonchev–Trinajstić information content (AvgIpc) is 2.54. The van der Waals surface area contributed by atoms with E-state index in [0.717, 1.165) is 27.8 Å². The molecule has 1 aromatic heterocycles. The highest BCUT2D eigenvalue weighted by molar-refractivity contribution is 5.94. The van der Waals surface area contributed by atoms with E-state index in [9.17, 15) is 0 Å². The van der Waals surface area contributed by atoms with Gasteiger partial charge in [0.15, 0.2) is 0 Å². The Labute approximate surface area is 122 Å². The molecule has 0 amide bonds. The SMILES string of the molecule is Nc1cc(-c2ccc3ccccc3c2)nc2ccccc12. The molecule has 4 rings (SSSR count). The Bertz CT molecular complexity index is 958. The second kappa shape index (κ2) is 4.60. The molecule has 0 unspecified atom stereocenters. The van der Waals surface area contributed by atoms with Crippen LogP contribution in [0, 0.1) is 0 Å². The lowest BCUT2D eigenvalue weighted by Gasteiger charge is -2.07. The van der Waals surface area contributed by atoms with Crippen molar-refractivity contribution < 1.29 is 0 Å². The highest BCUT2D eigenvalue weighted by Crippen LogP contribution is 2.28. The molecule has 0 fully saturated rings. The first-order valence-electron chi connectivity index (χ1n) is 6.96. The summed E-state index contributed by atoms with van der Waals surface area (Å²) in [6, 6.07) is 24.6. The van der Waals surface area contributed by atoms with Crippen LogP contribution >= 0.6 is 0 Å². The number of hydrogen-bond donors (Lipinski definition) is 1. The zero-order valence-corrected chi connectivity index (χ0v) is 11.5. The number of aromatic nitrogens is 1. The van der Waals surface area contributed by atoms with Crippen molar-refractivity contribution in [3.8, 4) is 11.3 Å². The van der Waals surface area contributed by atoms with Crippen molar-refractivity contribution in [2.45, 2.75) is 0 Å². The van der Waals surface area contributed by atoms with Crippen LogP contribution in [-0.4, -0.2) is 4.98 Å². The topological polar surface area (TPSA) is 38.9 Å². The lowest BCUT2D eigenvalue weighted by molar-refractivity contribution is 1.40. The molecular formula is C19H14N2. The molecule has 0 radical (unpaired) electrons. The van der Waals surface area contributed by atoms with Gasteiger partial charge in [-0.05, 0) is 29.0 Å². The van der Waals surface area contributed by atoms with E-state index >= 15 is 0 Å². The molecule has 0 aliphatic rings. The van der Waals surface area contributed by atoms with Gasteiger partial charge in [-0.15, -0.1) is 0 Å². The minimum Gasteiger partial charge on any atom is -0.398 e. The van der Waals surface area contributed by atoms with Gasteiger partial charge in [-0.25, -0.2) is 4.98 Å². The molecule has 2 heteroatoms.